The van der Waals surface area contributed by atoms with E-state index in [0.29, 0.717) is 0 Å². The summed E-state index contributed by atoms with van der Waals surface area (Å²) in [5, 5.41) is 0. The average molecular weight is 318 g/mol. The molecule has 0 aromatic heterocycles. The second-order valence-corrected chi connectivity index (χ2v) is 5.74. The normalized spacial score (nSPS) is 11.4. The van der Waals surface area contributed by atoms with Crippen molar-refractivity contribution in [1.82, 2.24) is 0 Å². The van der Waals surface area contributed by atoms with E-state index in [0.717, 1.165) is 28.2 Å². The summed E-state index contributed by atoms with van der Waals surface area (Å²) < 4.78 is 13.3. The van der Waals surface area contributed by atoms with Crippen LogP contribution >= 0.6 is 0 Å². The van der Waals surface area contributed by atoms with E-state index >= 15 is 0 Å². The number of hydrogen-bond acceptors (Lipinski definition) is 2. The SMILES string of the molecule is CN(C)c1ccc(N=C(c2ccccc2)c2ccc(F)cc2)cc1. The van der Waals surface area contributed by atoms with Crippen LogP contribution in [-0.4, -0.2) is 19.8 Å². The van der Waals surface area contributed by atoms with Crippen molar-refractivity contribution in [3.63, 3.8) is 0 Å². The minimum Gasteiger partial charge on any atom is -0.378 e. The first-order valence-electron chi connectivity index (χ1n) is 7.81. The predicted octanol–water partition coefficient (Wildman–Crippen LogP) is 5.06. The Balaban J connectivity index is 2.05. The highest BCUT2D eigenvalue weighted by Crippen LogP contribution is 2.21. The van der Waals surface area contributed by atoms with Crippen molar-refractivity contribution in [2.45, 2.75) is 0 Å². The second-order valence-electron chi connectivity index (χ2n) is 5.74. The van der Waals surface area contributed by atoms with Gasteiger partial charge in [0.05, 0.1) is 11.4 Å². The molecule has 0 aliphatic rings. The quantitative estimate of drug-likeness (QED) is 0.614. The lowest BCUT2D eigenvalue weighted by atomic mass is 10.0. The van der Waals surface area contributed by atoms with Crippen molar-refractivity contribution in [2.24, 2.45) is 4.99 Å². The van der Waals surface area contributed by atoms with Gasteiger partial charge >= 0.3 is 0 Å². The maximum absolute atomic E-state index is 13.3. The number of aliphatic imine (C=N–C) groups is 1. The lowest BCUT2D eigenvalue weighted by molar-refractivity contribution is 0.628. The first kappa shape index (κ1) is 15.9. The molecule has 0 saturated heterocycles. The van der Waals surface area contributed by atoms with Gasteiger partial charge in [0, 0.05) is 30.9 Å². The molecule has 0 radical (unpaired) electrons. The molecule has 2 nitrogen and oxygen atoms in total. The van der Waals surface area contributed by atoms with Crippen LogP contribution in [0.4, 0.5) is 15.8 Å². The Bertz CT molecular complexity index is 820. The van der Waals surface area contributed by atoms with E-state index in [1.807, 2.05) is 73.6 Å². The van der Waals surface area contributed by atoms with E-state index < -0.39 is 0 Å². The molecule has 0 aliphatic heterocycles. The van der Waals surface area contributed by atoms with Crippen LogP contribution in [0.5, 0.6) is 0 Å². The number of hydrogen-bond donors (Lipinski definition) is 0. The molecule has 0 unspecified atom stereocenters. The summed E-state index contributed by atoms with van der Waals surface area (Å²) in [6, 6.07) is 24.4. The zero-order valence-corrected chi connectivity index (χ0v) is 13.8. The van der Waals surface area contributed by atoms with Gasteiger partial charge in [0.25, 0.3) is 0 Å². The van der Waals surface area contributed by atoms with Crippen molar-refractivity contribution in [1.29, 1.82) is 0 Å². The Hall–Kier alpha value is -2.94. The van der Waals surface area contributed by atoms with Crippen LogP contribution in [0.15, 0.2) is 83.9 Å². The van der Waals surface area contributed by atoms with E-state index in [-0.39, 0.29) is 5.82 Å². The number of nitrogens with zero attached hydrogens (tertiary/aromatic N) is 2. The molecule has 0 amide bonds. The molecular formula is C21H19FN2. The molecule has 0 atom stereocenters. The molecule has 120 valence electrons. The Labute approximate surface area is 141 Å². The van der Waals surface area contributed by atoms with E-state index in [4.69, 9.17) is 4.99 Å². The summed E-state index contributed by atoms with van der Waals surface area (Å²) in [5.74, 6) is -0.249. The van der Waals surface area contributed by atoms with Crippen LogP contribution in [-0.2, 0) is 0 Å². The number of rotatable bonds is 4. The van der Waals surface area contributed by atoms with Gasteiger partial charge in [0.2, 0.25) is 0 Å². The van der Waals surface area contributed by atoms with Gasteiger partial charge in [0.15, 0.2) is 0 Å². The number of halogens is 1. The Morgan fingerprint density at radius 1 is 0.750 bits per heavy atom. The lowest BCUT2D eigenvalue weighted by Gasteiger charge is -2.12. The third-order valence-electron chi connectivity index (χ3n) is 3.77. The first-order valence-corrected chi connectivity index (χ1v) is 7.81. The second kappa shape index (κ2) is 7.09. The van der Waals surface area contributed by atoms with Gasteiger partial charge < -0.3 is 4.90 Å². The van der Waals surface area contributed by atoms with E-state index in [2.05, 4.69) is 0 Å². The Morgan fingerprint density at radius 3 is 1.92 bits per heavy atom. The van der Waals surface area contributed by atoms with Crippen LogP contribution in [0.1, 0.15) is 11.1 Å². The smallest absolute Gasteiger partial charge is 0.123 e. The maximum Gasteiger partial charge on any atom is 0.123 e. The fourth-order valence-electron chi connectivity index (χ4n) is 2.45. The third-order valence-corrected chi connectivity index (χ3v) is 3.77. The zero-order chi connectivity index (χ0) is 16.9. The highest BCUT2D eigenvalue weighted by atomic mass is 19.1. The lowest BCUT2D eigenvalue weighted by Crippen LogP contribution is -2.07. The minimum atomic E-state index is -0.249. The molecule has 0 heterocycles. The predicted molar refractivity (Wildman–Crippen MR) is 98.9 cm³/mol. The molecule has 24 heavy (non-hydrogen) atoms. The summed E-state index contributed by atoms with van der Waals surface area (Å²) in [6.07, 6.45) is 0. The molecule has 0 saturated carbocycles. The molecule has 0 aliphatic carbocycles. The molecule has 3 rings (SSSR count). The van der Waals surface area contributed by atoms with Gasteiger partial charge in [-0.25, -0.2) is 9.38 Å². The molecule has 0 bridgehead atoms. The van der Waals surface area contributed by atoms with Gasteiger partial charge in [-0.2, -0.15) is 0 Å². The van der Waals surface area contributed by atoms with Crippen LogP contribution < -0.4 is 4.90 Å². The fraction of sp³-hybridized carbons (Fsp3) is 0.0952. The summed E-state index contributed by atoms with van der Waals surface area (Å²) in [7, 11) is 4.01. The van der Waals surface area contributed by atoms with Gasteiger partial charge in [-0.1, -0.05) is 30.3 Å². The Morgan fingerprint density at radius 2 is 1.33 bits per heavy atom. The molecule has 0 fully saturated rings. The van der Waals surface area contributed by atoms with Crippen LogP contribution in [0.2, 0.25) is 0 Å². The van der Waals surface area contributed by atoms with E-state index in [1.54, 1.807) is 12.1 Å². The van der Waals surface area contributed by atoms with Gasteiger partial charge in [0.1, 0.15) is 5.82 Å². The van der Waals surface area contributed by atoms with Gasteiger partial charge in [-0.3, -0.25) is 0 Å². The maximum atomic E-state index is 13.3. The van der Waals surface area contributed by atoms with Crippen LogP contribution in [0.3, 0.4) is 0 Å². The summed E-state index contributed by atoms with van der Waals surface area (Å²) in [4.78, 5) is 6.85. The third kappa shape index (κ3) is 3.69. The summed E-state index contributed by atoms with van der Waals surface area (Å²) >= 11 is 0. The molecular weight excluding hydrogens is 299 g/mol. The molecule has 0 spiro atoms. The van der Waals surface area contributed by atoms with Crippen molar-refractivity contribution in [3.8, 4) is 0 Å². The standard InChI is InChI=1S/C21H19FN2/c1-24(2)20-14-12-19(13-15-20)23-21(16-6-4-3-5-7-16)17-8-10-18(22)11-9-17/h3-15H,1-2H3. The molecule has 3 aromatic carbocycles. The largest absolute Gasteiger partial charge is 0.378 e. The average Bonchev–Trinajstić information content (AvgIpc) is 2.62. The van der Waals surface area contributed by atoms with Gasteiger partial charge in [-0.15, -0.1) is 0 Å². The van der Waals surface area contributed by atoms with Crippen molar-refractivity contribution < 1.29 is 4.39 Å². The number of benzene rings is 3. The van der Waals surface area contributed by atoms with Crippen molar-refractivity contribution in [2.75, 3.05) is 19.0 Å². The van der Waals surface area contributed by atoms with Crippen molar-refractivity contribution >= 4 is 17.1 Å². The Kier molecular flexibility index (Phi) is 4.71. The highest BCUT2D eigenvalue weighted by molar-refractivity contribution is 6.13. The zero-order valence-electron chi connectivity index (χ0n) is 13.8. The van der Waals surface area contributed by atoms with Crippen LogP contribution in [0.25, 0.3) is 0 Å². The fourth-order valence-corrected chi connectivity index (χ4v) is 2.45. The van der Waals surface area contributed by atoms with E-state index in [1.165, 1.54) is 12.1 Å². The molecule has 3 heteroatoms. The summed E-state index contributed by atoms with van der Waals surface area (Å²) in [5.41, 5.74) is 4.70. The molecule has 0 N–H and O–H groups in total. The number of anilines is 1. The first-order chi connectivity index (χ1) is 11.6. The molecule has 3 aromatic rings. The monoisotopic (exact) mass is 318 g/mol. The van der Waals surface area contributed by atoms with Gasteiger partial charge in [-0.05, 0) is 48.5 Å². The van der Waals surface area contributed by atoms with Crippen LogP contribution in [0, 0.1) is 5.82 Å². The summed E-state index contributed by atoms with van der Waals surface area (Å²) in [6.45, 7) is 0. The minimum absolute atomic E-state index is 0.249. The van der Waals surface area contributed by atoms with E-state index in [9.17, 15) is 4.39 Å². The topological polar surface area (TPSA) is 15.6 Å². The van der Waals surface area contributed by atoms with Crippen molar-refractivity contribution in [3.05, 3.63) is 95.8 Å². The highest BCUT2D eigenvalue weighted by Gasteiger charge is 2.07.